The van der Waals surface area contributed by atoms with Crippen LogP contribution in [0, 0.1) is 12.8 Å². The van der Waals surface area contributed by atoms with Crippen molar-refractivity contribution in [1.29, 1.82) is 0 Å². The fourth-order valence-corrected chi connectivity index (χ4v) is 3.26. The van der Waals surface area contributed by atoms with E-state index < -0.39 is 0 Å². The van der Waals surface area contributed by atoms with E-state index in [-0.39, 0.29) is 18.3 Å². The van der Waals surface area contributed by atoms with Gasteiger partial charge in [-0.05, 0) is 55.3 Å². The van der Waals surface area contributed by atoms with Gasteiger partial charge in [-0.2, -0.15) is 5.10 Å². The third-order valence-corrected chi connectivity index (χ3v) is 5.01. The number of carbonyl (C=O) groups is 1. The highest BCUT2D eigenvalue weighted by Crippen LogP contribution is 2.25. The van der Waals surface area contributed by atoms with Gasteiger partial charge in [-0.1, -0.05) is 38.4 Å². The van der Waals surface area contributed by atoms with Crippen molar-refractivity contribution in [2.45, 2.75) is 40.8 Å². The lowest BCUT2D eigenvalue weighted by Gasteiger charge is -2.14. The number of carbonyl (C=O) groups excluding carboxylic acids is 1. The fourth-order valence-electron chi connectivity index (χ4n) is 3.06. The Morgan fingerprint density at radius 1 is 1.21 bits per heavy atom. The Labute approximate surface area is 206 Å². The van der Waals surface area contributed by atoms with Crippen LogP contribution < -0.4 is 15.4 Å². The molecule has 3 rings (SSSR count). The number of hydrogen-bond donors (Lipinski definition) is 2. The summed E-state index contributed by atoms with van der Waals surface area (Å²) in [6, 6.07) is 11.0. The minimum Gasteiger partial charge on any atom is -0.493 e. The molecule has 1 amide bonds. The molecule has 7 nitrogen and oxygen atoms in total. The molecule has 0 spiro atoms. The van der Waals surface area contributed by atoms with Gasteiger partial charge in [-0.15, -0.1) is 12.4 Å². The molecule has 9 heteroatoms. The Morgan fingerprint density at radius 3 is 2.67 bits per heavy atom. The van der Waals surface area contributed by atoms with E-state index in [2.05, 4.69) is 41.5 Å². The van der Waals surface area contributed by atoms with Gasteiger partial charge in [0, 0.05) is 29.0 Å². The molecular weight excluding hydrogens is 461 g/mol. The first kappa shape index (κ1) is 26.6. The Kier molecular flexibility index (Phi) is 10.2. The molecule has 33 heavy (non-hydrogen) atoms. The lowest BCUT2D eigenvalue weighted by molar-refractivity contribution is 0.102. The maximum atomic E-state index is 12.7. The van der Waals surface area contributed by atoms with Gasteiger partial charge in [0.15, 0.2) is 5.69 Å². The molecule has 1 aromatic carbocycles. The predicted molar refractivity (Wildman–Crippen MR) is 135 cm³/mol. The van der Waals surface area contributed by atoms with Crippen LogP contribution in [0.3, 0.4) is 0 Å². The average molecular weight is 492 g/mol. The SMILES string of the molecule is CCNCc1ccc(NC(=O)c2cc(C)n(Cc3cc(Cl)ccc3OCC(C)C)n2)nc1.Cl. The van der Waals surface area contributed by atoms with Crippen LogP contribution >= 0.6 is 24.0 Å². The summed E-state index contributed by atoms with van der Waals surface area (Å²) in [5.41, 5.74) is 3.16. The van der Waals surface area contributed by atoms with Crippen LogP contribution in [0.25, 0.3) is 0 Å². The van der Waals surface area contributed by atoms with Crippen molar-refractivity contribution >= 4 is 35.7 Å². The quantitative estimate of drug-likeness (QED) is 0.411. The number of benzene rings is 1. The molecule has 0 radical (unpaired) electrons. The van der Waals surface area contributed by atoms with E-state index in [1.807, 2.05) is 31.2 Å². The van der Waals surface area contributed by atoms with Gasteiger partial charge < -0.3 is 15.4 Å². The Morgan fingerprint density at radius 2 is 2.00 bits per heavy atom. The first-order valence-corrected chi connectivity index (χ1v) is 11.2. The molecule has 0 fully saturated rings. The van der Waals surface area contributed by atoms with Crippen LogP contribution in [0.4, 0.5) is 5.82 Å². The second kappa shape index (κ2) is 12.6. The molecule has 0 aliphatic heterocycles. The van der Waals surface area contributed by atoms with Gasteiger partial charge in [0.2, 0.25) is 0 Å². The van der Waals surface area contributed by atoms with Gasteiger partial charge in [-0.3, -0.25) is 9.48 Å². The number of amides is 1. The van der Waals surface area contributed by atoms with Gasteiger partial charge in [0.25, 0.3) is 5.91 Å². The third kappa shape index (κ3) is 7.74. The van der Waals surface area contributed by atoms with E-state index >= 15 is 0 Å². The summed E-state index contributed by atoms with van der Waals surface area (Å²) in [7, 11) is 0. The zero-order valence-electron chi connectivity index (χ0n) is 19.4. The molecule has 0 unspecified atom stereocenters. The fraction of sp³-hybridized carbons (Fsp3) is 0.375. The third-order valence-electron chi connectivity index (χ3n) is 4.77. The molecule has 0 saturated carbocycles. The second-order valence-electron chi connectivity index (χ2n) is 8.07. The Balaban J connectivity index is 0.00000385. The second-order valence-corrected chi connectivity index (χ2v) is 8.51. The number of hydrogen-bond acceptors (Lipinski definition) is 5. The van der Waals surface area contributed by atoms with Crippen LogP contribution in [0.15, 0.2) is 42.6 Å². The van der Waals surface area contributed by atoms with Crippen molar-refractivity contribution in [2.75, 3.05) is 18.5 Å². The molecule has 0 bridgehead atoms. The summed E-state index contributed by atoms with van der Waals surface area (Å²) >= 11 is 6.21. The maximum absolute atomic E-state index is 12.7. The first-order chi connectivity index (χ1) is 15.4. The number of halogens is 2. The lowest BCUT2D eigenvalue weighted by Crippen LogP contribution is -2.15. The van der Waals surface area contributed by atoms with Crippen LogP contribution in [0.1, 0.15) is 48.1 Å². The molecule has 178 valence electrons. The maximum Gasteiger partial charge on any atom is 0.277 e. The Hall–Kier alpha value is -2.61. The normalized spacial score (nSPS) is 10.7. The summed E-state index contributed by atoms with van der Waals surface area (Å²) < 4.78 is 7.71. The van der Waals surface area contributed by atoms with Crippen LogP contribution in [-0.2, 0) is 13.1 Å². The van der Waals surface area contributed by atoms with Crippen molar-refractivity contribution in [3.05, 3.63) is 70.1 Å². The highest BCUT2D eigenvalue weighted by Gasteiger charge is 2.15. The summed E-state index contributed by atoms with van der Waals surface area (Å²) in [6.45, 7) is 10.9. The minimum absolute atomic E-state index is 0. The van der Waals surface area contributed by atoms with Gasteiger partial charge in [0.05, 0.1) is 13.2 Å². The molecule has 0 aliphatic rings. The van der Waals surface area contributed by atoms with Crippen LogP contribution in [-0.4, -0.2) is 33.8 Å². The predicted octanol–water partition coefficient (Wildman–Crippen LogP) is 5.11. The van der Waals surface area contributed by atoms with E-state index in [1.54, 1.807) is 23.0 Å². The summed E-state index contributed by atoms with van der Waals surface area (Å²) in [6.07, 6.45) is 1.75. The number of nitrogens with one attached hydrogen (secondary N) is 2. The monoisotopic (exact) mass is 491 g/mol. The molecule has 3 aromatic rings. The molecule has 2 N–H and O–H groups in total. The molecule has 0 atom stereocenters. The van der Waals surface area contributed by atoms with Gasteiger partial charge >= 0.3 is 0 Å². The standard InChI is InChI=1S/C24H30ClN5O2.ClH/c1-5-26-12-18-6-9-23(27-13-18)28-24(31)21-10-17(4)30(29-21)14-19-11-20(25)7-8-22(19)32-15-16(2)3;/h6-11,13,16,26H,5,12,14-15H2,1-4H3,(H,27,28,31);1H. The highest BCUT2D eigenvalue weighted by molar-refractivity contribution is 6.30. The number of rotatable bonds is 10. The van der Waals surface area contributed by atoms with E-state index in [0.29, 0.717) is 35.6 Å². The lowest BCUT2D eigenvalue weighted by atomic mass is 10.2. The summed E-state index contributed by atoms with van der Waals surface area (Å²) in [5.74, 6) is 1.36. The number of ether oxygens (including phenoxy) is 1. The largest absolute Gasteiger partial charge is 0.493 e. The Bertz CT molecular complexity index is 1050. The number of aryl methyl sites for hydroxylation is 1. The molecule has 2 aromatic heterocycles. The zero-order valence-corrected chi connectivity index (χ0v) is 21.0. The molecule has 0 aliphatic carbocycles. The minimum atomic E-state index is -0.304. The van der Waals surface area contributed by atoms with Crippen molar-refractivity contribution in [2.24, 2.45) is 5.92 Å². The summed E-state index contributed by atoms with van der Waals surface area (Å²) in [4.78, 5) is 17.0. The van der Waals surface area contributed by atoms with Gasteiger partial charge in [-0.25, -0.2) is 4.98 Å². The highest BCUT2D eigenvalue weighted by atomic mass is 35.5. The van der Waals surface area contributed by atoms with Crippen molar-refractivity contribution < 1.29 is 9.53 Å². The van der Waals surface area contributed by atoms with Crippen molar-refractivity contribution in [1.82, 2.24) is 20.1 Å². The van der Waals surface area contributed by atoms with E-state index in [0.717, 1.165) is 35.7 Å². The molecule has 0 saturated heterocycles. The molecule has 2 heterocycles. The van der Waals surface area contributed by atoms with Crippen LogP contribution in [0.5, 0.6) is 5.75 Å². The van der Waals surface area contributed by atoms with E-state index in [4.69, 9.17) is 16.3 Å². The van der Waals surface area contributed by atoms with Crippen LogP contribution in [0.2, 0.25) is 5.02 Å². The average Bonchev–Trinajstić information content (AvgIpc) is 3.13. The number of nitrogens with zero attached hydrogens (tertiary/aromatic N) is 3. The summed E-state index contributed by atoms with van der Waals surface area (Å²) in [5, 5.41) is 11.2. The topological polar surface area (TPSA) is 81.1 Å². The number of pyridine rings is 1. The smallest absolute Gasteiger partial charge is 0.277 e. The van der Waals surface area contributed by atoms with E-state index in [9.17, 15) is 4.79 Å². The van der Waals surface area contributed by atoms with Crippen molar-refractivity contribution in [3.63, 3.8) is 0 Å². The first-order valence-electron chi connectivity index (χ1n) is 10.8. The van der Waals surface area contributed by atoms with Crippen molar-refractivity contribution in [3.8, 4) is 5.75 Å². The van der Waals surface area contributed by atoms with E-state index in [1.165, 1.54) is 0 Å². The van der Waals surface area contributed by atoms with Gasteiger partial charge in [0.1, 0.15) is 11.6 Å². The number of anilines is 1. The molecular formula is C24H31Cl2N5O2. The number of aromatic nitrogens is 3. The zero-order chi connectivity index (χ0) is 23.1.